The Morgan fingerprint density at radius 3 is 2.88 bits per heavy atom. The van der Waals surface area contributed by atoms with E-state index >= 15 is 0 Å². The van der Waals surface area contributed by atoms with Gasteiger partial charge < -0.3 is 10.1 Å². The third-order valence-corrected chi connectivity index (χ3v) is 2.53. The highest BCUT2D eigenvalue weighted by atomic mass is 35.5. The number of methoxy groups -OCH3 is 1. The van der Waals surface area contributed by atoms with Crippen LogP contribution in [0.25, 0.3) is 0 Å². The van der Waals surface area contributed by atoms with Crippen molar-refractivity contribution >= 4 is 17.3 Å². The van der Waals surface area contributed by atoms with E-state index in [1.54, 1.807) is 13.2 Å². The lowest BCUT2D eigenvalue weighted by Crippen LogP contribution is -2.21. The van der Waals surface area contributed by atoms with Crippen molar-refractivity contribution in [1.29, 1.82) is 0 Å². The quantitative estimate of drug-likeness (QED) is 0.462. The standard InChI is InChI=1S/C11H15ClN2O3/c1-17-7-6-13-5-4-9-8-10(12)2-3-11(9)14(15)16/h2-3,8,13H,4-7H2,1H3. The maximum Gasteiger partial charge on any atom is 0.272 e. The van der Waals surface area contributed by atoms with E-state index in [4.69, 9.17) is 16.3 Å². The molecular formula is C11H15ClN2O3. The molecule has 1 rings (SSSR count). The zero-order valence-corrected chi connectivity index (χ0v) is 10.4. The summed E-state index contributed by atoms with van der Waals surface area (Å²) in [6, 6.07) is 4.60. The van der Waals surface area contributed by atoms with Crippen LogP contribution in [-0.2, 0) is 11.2 Å². The summed E-state index contributed by atoms with van der Waals surface area (Å²) in [5, 5.41) is 14.4. The molecule has 1 aromatic rings. The van der Waals surface area contributed by atoms with Gasteiger partial charge in [-0.15, -0.1) is 0 Å². The van der Waals surface area contributed by atoms with E-state index in [0.717, 1.165) is 6.54 Å². The van der Waals surface area contributed by atoms with Gasteiger partial charge in [-0.2, -0.15) is 0 Å². The molecule has 0 amide bonds. The van der Waals surface area contributed by atoms with Crippen LogP contribution in [0, 0.1) is 10.1 Å². The molecule has 0 heterocycles. The molecule has 0 spiro atoms. The van der Waals surface area contributed by atoms with Crippen molar-refractivity contribution in [1.82, 2.24) is 5.32 Å². The molecule has 0 aliphatic carbocycles. The summed E-state index contributed by atoms with van der Waals surface area (Å²) >= 11 is 5.82. The van der Waals surface area contributed by atoms with Crippen LogP contribution in [0.4, 0.5) is 5.69 Å². The molecule has 0 aliphatic heterocycles. The average Bonchev–Trinajstić information content (AvgIpc) is 2.28. The topological polar surface area (TPSA) is 64.4 Å². The summed E-state index contributed by atoms with van der Waals surface area (Å²) in [6.07, 6.45) is 0.570. The van der Waals surface area contributed by atoms with Crippen molar-refractivity contribution in [2.75, 3.05) is 26.8 Å². The Hall–Kier alpha value is -1.17. The molecule has 0 saturated heterocycles. The van der Waals surface area contributed by atoms with Gasteiger partial charge in [0.2, 0.25) is 0 Å². The summed E-state index contributed by atoms with van der Waals surface area (Å²) < 4.78 is 4.88. The Kier molecular flexibility index (Phi) is 5.90. The third kappa shape index (κ3) is 4.68. The molecule has 0 bridgehead atoms. The number of rotatable bonds is 7. The van der Waals surface area contributed by atoms with Gasteiger partial charge in [0.1, 0.15) is 0 Å². The number of nitrogens with zero attached hydrogens (tertiary/aromatic N) is 1. The van der Waals surface area contributed by atoms with E-state index in [0.29, 0.717) is 30.2 Å². The van der Waals surface area contributed by atoms with E-state index in [2.05, 4.69) is 5.32 Å². The second kappa shape index (κ2) is 7.21. The number of ether oxygens (including phenoxy) is 1. The Labute approximate surface area is 105 Å². The highest BCUT2D eigenvalue weighted by Gasteiger charge is 2.12. The first kappa shape index (κ1) is 13.9. The smallest absolute Gasteiger partial charge is 0.272 e. The Balaban J connectivity index is 2.56. The predicted octanol–water partition coefficient (Wildman–Crippen LogP) is 2.03. The number of hydrogen-bond donors (Lipinski definition) is 1. The highest BCUT2D eigenvalue weighted by Crippen LogP contribution is 2.22. The first-order chi connectivity index (χ1) is 8.15. The van der Waals surface area contributed by atoms with Crippen LogP contribution in [0.1, 0.15) is 5.56 Å². The highest BCUT2D eigenvalue weighted by molar-refractivity contribution is 6.30. The second-order valence-electron chi connectivity index (χ2n) is 3.52. The molecular weight excluding hydrogens is 244 g/mol. The van der Waals surface area contributed by atoms with Gasteiger partial charge in [0, 0.05) is 30.3 Å². The second-order valence-corrected chi connectivity index (χ2v) is 3.96. The maximum atomic E-state index is 10.8. The fourth-order valence-electron chi connectivity index (χ4n) is 1.45. The minimum absolute atomic E-state index is 0.114. The average molecular weight is 259 g/mol. The molecule has 0 aromatic heterocycles. The van der Waals surface area contributed by atoms with E-state index in [1.807, 2.05) is 0 Å². The molecule has 1 aromatic carbocycles. The molecule has 94 valence electrons. The van der Waals surface area contributed by atoms with Crippen molar-refractivity contribution < 1.29 is 9.66 Å². The van der Waals surface area contributed by atoms with Crippen molar-refractivity contribution in [3.05, 3.63) is 38.9 Å². The molecule has 6 heteroatoms. The number of benzene rings is 1. The number of nitro benzene ring substituents is 1. The van der Waals surface area contributed by atoms with Crippen molar-refractivity contribution in [3.8, 4) is 0 Å². The SMILES string of the molecule is COCCNCCc1cc(Cl)ccc1[N+](=O)[O-]. The number of hydrogen-bond acceptors (Lipinski definition) is 4. The Morgan fingerprint density at radius 1 is 1.47 bits per heavy atom. The molecule has 0 fully saturated rings. The largest absolute Gasteiger partial charge is 0.383 e. The molecule has 0 aliphatic rings. The summed E-state index contributed by atoms with van der Waals surface area (Å²) in [4.78, 5) is 10.4. The van der Waals surface area contributed by atoms with Gasteiger partial charge in [-0.1, -0.05) is 11.6 Å². The van der Waals surface area contributed by atoms with E-state index in [9.17, 15) is 10.1 Å². The molecule has 0 unspecified atom stereocenters. The van der Waals surface area contributed by atoms with Gasteiger partial charge in [0.05, 0.1) is 11.5 Å². The lowest BCUT2D eigenvalue weighted by atomic mass is 10.1. The number of nitrogens with one attached hydrogen (secondary N) is 1. The fourth-order valence-corrected chi connectivity index (χ4v) is 1.65. The van der Waals surface area contributed by atoms with Crippen molar-refractivity contribution in [2.45, 2.75) is 6.42 Å². The molecule has 17 heavy (non-hydrogen) atoms. The molecule has 0 atom stereocenters. The Bertz CT molecular complexity index is 385. The normalized spacial score (nSPS) is 10.5. The van der Waals surface area contributed by atoms with E-state index in [1.165, 1.54) is 12.1 Å². The maximum absolute atomic E-state index is 10.8. The lowest BCUT2D eigenvalue weighted by molar-refractivity contribution is -0.385. The van der Waals surface area contributed by atoms with E-state index in [-0.39, 0.29) is 10.6 Å². The first-order valence-electron chi connectivity index (χ1n) is 5.27. The van der Waals surface area contributed by atoms with Crippen LogP contribution in [0.2, 0.25) is 5.02 Å². The first-order valence-corrected chi connectivity index (χ1v) is 5.65. The lowest BCUT2D eigenvalue weighted by Gasteiger charge is -2.05. The van der Waals surface area contributed by atoms with Gasteiger partial charge >= 0.3 is 0 Å². The van der Waals surface area contributed by atoms with Crippen molar-refractivity contribution in [3.63, 3.8) is 0 Å². The fraction of sp³-hybridized carbons (Fsp3) is 0.455. The zero-order chi connectivity index (χ0) is 12.7. The minimum atomic E-state index is -0.388. The van der Waals surface area contributed by atoms with Gasteiger partial charge in [-0.05, 0) is 25.1 Å². The molecule has 5 nitrogen and oxygen atoms in total. The van der Waals surface area contributed by atoms with Crippen LogP contribution in [0.3, 0.4) is 0 Å². The minimum Gasteiger partial charge on any atom is -0.383 e. The van der Waals surface area contributed by atoms with Crippen molar-refractivity contribution in [2.24, 2.45) is 0 Å². The summed E-state index contributed by atoms with van der Waals surface area (Å²) in [5.74, 6) is 0. The van der Waals surface area contributed by atoms with Gasteiger partial charge in [-0.25, -0.2) is 0 Å². The summed E-state index contributed by atoms with van der Waals surface area (Å²) in [7, 11) is 1.63. The van der Waals surface area contributed by atoms with Crippen LogP contribution >= 0.6 is 11.6 Å². The van der Waals surface area contributed by atoms with Crippen LogP contribution in [-0.4, -0.2) is 31.7 Å². The predicted molar refractivity (Wildman–Crippen MR) is 66.6 cm³/mol. The van der Waals surface area contributed by atoms with E-state index < -0.39 is 0 Å². The van der Waals surface area contributed by atoms with Gasteiger partial charge in [-0.3, -0.25) is 10.1 Å². The van der Waals surface area contributed by atoms with Gasteiger partial charge in [0.15, 0.2) is 0 Å². The van der Waals surface area contributed by atoms with Crippen LogP contribution in [0.15, 0.2) is 18.2 Å². The molecule has 0 saturated carbocycles. The number of nitro groups is 1. The Morgan fingerprint density at radius 2 is 2.24 bits per heavy atom. The van der Waals surface area contributed by atoms with Crippen LogP contribution in [0.5, 0.6) is 0 Å². The zero-order valence-electron chi connectivity index (χ0n) is 9.61. The summed E-state index contributed by atoms with van der Waals surface area (Å²) in [5.41, 5.74) is 0.760. The third-order valence-electron chi connectivity index (χ3n) is 2.29. The molecule has 0 radical (unpaired) electrons. The number of halogens is 1. The van der Waals surface area contributed by atoms with Gasteiger partial charge in [0.25, 0.3) is 5.69 Å². The summed E-state index contributed by atoms with van der Waals surface area (Å²) in [6.45, 7) is 2.01. The monoisotopic (exact) mass is 258 g/mol. The van der Waals surface area contributed by atoms with Crippen LogP contribution < -0.4 is 5.32 Å². The molecule has 1 N–H and O–H groups in total.